The van der Waals surface area contributed by atoms with Gasteiger partial charge in [0.2, 0.25) is 17.7 Å². The number of hydrogen-bond donors (Lipinski definition) is 0. The second-order valence-corrected chi connectivity index (χ2v) is 7.34. The van der Waals surface area contributed by atoms with Crippen molar-refractivity contribution in [3.05, 3.63) is 27.9 Å². The molecule has 1 saturated heterocycles. The molecule has 0 radical (unpaired) electrons. The zero-order valence-electron chi connectivity index (χ0n) is 16.3. The van der Waals surface area contributed by atoms with Crippen LogP contribution in [0.5, 0.6) is 0 Å². The Morgan fingerprint density at radius 3 is 2.63 bits per heavy atom. The normalized spacial score (nSPS) is 22.3. The first-order valence-corrected chi connectivity index (χ1v) is 9.44. The number of halogens is 4. The van der Waals surface area contributed by atoms with E-state index in [-0.39, 0.29) is 49.9 Å². The Hall–Kier alpha value is -2.70. The molecule has 164 valence electrons. The van der Waals surface area contributed by atoms with Gasteiger partial charge < -0.3 is 19.1 Å². The molecule has 2 atom stereocenters. The van der Waals surface area contributed by atoms with Crippen molar-refractivity contribution in [2.45, 2.75) is 45.1 Å². The summed E-state index contributed by atoms with van der Waals surface area (Å²) in [5.74, 6) is -1.35. The van der Waals surface area contributed by atoms with Crippen molar-refractivity contribution in [3.63, 3.8) is 0 Å². The topological polar surface area (TPSA) is 89.5 Å². The first kappa shape index (κ1) is 20.6. The van der Waals surface area contributed by atoms with Gasteiger partial charge in [0.25, 0.3) is 5.56 Å². The number of nitrogens with zero attached hydrogens (tertiary/aromatic N) is 6. The van der Waals surface area contributed by atoms with Gasteiger partial charge in [-0.25, -0.2) is 0 Å². The molecule has 1 fully saturated rings. The molecule has 0 bridgehead atoms. The van der Waals surface area contributed by atoms with Gasteiger partial charge >= 0.3 is 6.18 Å². The molecule has 0 amide bonds. The largest absolute Gasteiger partial charge is 0.409 e. The van der Waals surface area contributed by atoms with E-state index < -0.39 is 30.0 Å². The van der Waals surface area contributed by atoms with Gasteiger partial charge in [0.15, 0.2) is 11.6 Å². The summed E-state index contributed by atoms with van der Waals surface area (Å²) in [7, 11) is 0. The highest BCUT2D eigenvalue weighted by Crippen LogP contribution is 2.39. The molecule has 0 spiro atoms. The number of morpholine rings is 1. The van der Waals surface area contributed by atoms with E-state index in [2.05, 4.69) is 15.1 Å². The molecular weight excluding hydrogens is 412 g/mol. The average molecular weight is 432 g/mol. The average Bonchev–Trinajstić information content (AvgIpc) is 3.09. The van der Waals surface area contributed by atoms with E-state index in [4.69, 9.17) is 9.26 Å². The third kappa shape index (κ3) is 3.61. The Labute approximate surface area is 168 Å². The summed E-state index contributed by atoms with van der Waals surface area (Å²) >= 11 is 0. The predicted octanol–water partition coefficient (Wildman–Crippen LogP) is 1.81. The van der Waals surface area contributed by atoms with Crippen molar-refractivity contribution in [2.24, 2.45) is 0 Å². The number of fused-ring (bicyclic) bond motifs is 1. The maximum absolute atomic E-state index is 15.0. The van der Waals surface area contributed by atoms with Crippen LogP contribution in [0.1, 0.15) is 31.1 Å². The van der Waals surface area contributed by atoms with E-state index in [1.807, 2.05) is 0 Å². The molecule has 2 aliphatic rings. The van der Waals surface area contributed by atoms with Crippen molar-refractivity contribution in [3.8, 4) is 0 Å². The molecule has 2 aromatic rings. The molecule has 4 rings (SSSR count). The lowest BCUT2D eigenvalue weighted by atomic mass is 10.1. The highest BCUT2D eigenvalue weighted by Gasteiger charge is 2.46. The lowest BCUT2D eigenvalue weighted by Crippen LogP contribution is -2.49. The fourth-order valence-electron chi connectivity index (χ4n) is 3.76. The van der Waals surface area contributed by atoms with Gasteiger partial charge in [-0.15, -0.1) is 0 Å². The number of hydrogen-bond acceptors (Lipinski definition) is 8. The molecule has 0 aromatic carbocycles. The quantitative estimate of drug-likeness (QED) is 0.679. The van der Waals surface area contributed by atoms with Gasteiger partial charge in [-0.2, -0.15) is 27.5 Å². The highest BCUT2D eigenvalue weighted by atomic mass is 19.4. The number of ether oxygens (including phenoxy) is 1. The Morgan fingerprint density at radius 2 is 2.00 bits per heavy atom. The van der Waals surface area contributed by atoms with Crippen LogP contribution in [0, 0.1) is 12.7 Å². The third-order valence-corrected chi connectivity index (χ3v) is 5.20. The number of aryl methyl sites for hydroxylation is 1. The van der Waals surface area contributed by atoms with Crippen molar-refractivity contribution in [1.82, 2.24) is 19.7 Å². The molecule has 2 aliphatic heterocycles. The zero-order valence-corrected chi connectivity index (χ0v) is 16.3. The minimum absolute atomic E-state index is 0.0540. The van der Waals surface area contributed by atoms with E-state index in [0.29, 0.717) is 17.0 Å². The predicted molar refractivity (Wildman–Crippen MR) is 95.9 cm³/mol. The third-order valence-electron chi connectivity index (χ3n) is 5.20. The lowest BCUT2D eigenvalue weighted by Gasteiger charge is -2.38. The first-order chi connectivity index (χ1) is 14.2. The number of aromatic nitrogens is 4. The summed E-state index contributed by atoms with van der Waals surface area (Å²) in [6.07, 6.45) is -5.16. The van der Waals surface area contributed by atoms with Crippen LogP contribution in [0.15, 0.2) is 9.32 Å². The molecule has 0 N–H and O–H groups in total. The van der Waals surface area contributed by atoms with Crippen LogP contribution in [-0.2, 0) is 11.3 Å². The molecule has 1 unspecified atom stereocenters. The number of alkyl halides is 3. The van der Waals surface area contributed by atoms with E-state index in [1.54, 1.807) is 13.8 Å². The molecule has 2 aromatic heterocycles. The fraction of sp³-hybridized carbons (Fsp3) is 0.647. The summed E-state index contributed by atoms with van der Waals surface area (Å²) in [6.45, 7) is 4.08. The standard InChI is InChI=1S/C17H20F4N6O3/c1-9-8-29-6-5-26(9)14-13(18)15(28)27-11(17(19,20)21)3-4-25(16(27)23-14)7-12-22-10(2)24-30-12/h9,11H,3-8H2,1-2H3/t9-,11?/m1/s1. The summed E-state index contributed by atoms with van der Waals surface area (Å²) in [5.41, 5.74) is -1.36. The molecule has 0 saturated carbocycles. The Bertz CT molecular complexity index is 991. The second kappa shape index (κ2) is 7.52. The van der Waals surface area contributed by atoms with Crippen molar-refractivity contribution < 1.29 is 26.8 Å². The van der Waals surface area contributed by atoms with Crippen LogP contribution in [0.3, 0.4) is 0 Å². The van der Waals surface area contributed by atoms with Crippen LogP contribution in [0.4, 0.5) is 29.3 Å². The Morgan fingerprint density at radius 1 is 1.23 bits per heavy atom. The van der Waals surface area contributed by atoms with Gasteiger partial charge in [0.1, 0.15) is 12.6 Å². The fourth-order valence-corrected chi connectivity index (χ4v) is 3.76. The van der Waals surface area contributed by atoms with Crippen LogP contribution in [0.25, 0.3) is 0 Å². The maximum atomic E-state index is 15.0. The summed E-state index contributed by atoms with van der Waals surface area (Å²) < 4.78 is 66.5. The molecule has 9 nitrogen and oxygen atoms in total. The van der Waals surface area contributed by atoms with E-state index in [9.17, 15) is 22.4 Å². The Kier molecular flexibility index (Phi) is 5.16. The van der Waals surface area contributed by atoms with Crippen LogP contribution in [-0.4, -0.2) is 58.2 Å². The number of rotatable bonds is 3. The summed E-state index contributed by atoms with van der Waals surface area (Å²) in [5, 5.41) is 3.66. The van der Waals surface area contributed by atoms with E-state index in [1.165, 1.54) is 9.80 Å². The first-order valence-electron chi connectivity index (χ1n) is 9.44. The van der Waals surface area contributed by atoms with Crippen molar-refractivity contribution >= 4 is 11.8 Å². The molecule has 0 aliphatic carbocycles. The van der Waals surface area contributed by atoms with E-state index in [0.717, 1.165) is 0 Å². The van der Waals surface area contributed by atoms with Gasteiger partial charge in [0, 0.05) is 13.1 Å². The SMILES string of the molecule is Cc1noc(CN2CCC(C(F)(F)F)n3c2nc(N2CCOC[C@H]2C)c(F)c3=O)n1. The highest BCUT2D eigenvalue weighted by molar-refractivity contribution is 5.48. The lowest BCUT2D eigenvalue weighted by molar-refractivity contribution is -0.171. The molecular formula is C17H20F4N6O3. The Balaban J connectivity index is 1.83. The summed E-state index contributed by atoms with van der Waals surface area (Å²) in [4.78, 5) is 24.0. The van der Waals surface area contributed by atoms with Gasteiger partial charge in [-0.1, -0.05) is 5.16 Å². The second-order valence-electron chi connectivity index (χ2n) is 7.34. The monoisotopic (exact) mass is 432 g/mol. The minimum atomic E-state index is -4.73. The van der Waals surface area contributed by atoms with Crippen LogP contribution < -0.4 is 15.4 Å². The van der Waals surface area contributed by atoms with E-state index >= 15 is 0 Å². The van der Waals surface area contributed by atoms with Crippen LogP contribution >= 0.6 is 0 Å². The van der Waals surface area contributed by atoms with Gasteiger partial charge in [-0.05, 0) is 20.3 Å². The molecule has 13 heteroatoms. The van der Waals surface area contributed by atoms with Crippen LogP contribution in [0.2, 0.25) is 0 Å². The smallest absolute Gasteiger partial charge is 0.377 e. The zero-order chi connectivity index (χ0) is 21.6. The van der Waals surface area contributed by atoms with Gasteiger partial charge in [0.05, 0.1) is 19.3 Å². The summed E-state index contributed by atoms with van der Waals surface area (Å²) in [6, 6.07) is -2.46. The van der Waals surface area contributed by atoms with Gasteiger partial charge in [-0.3, -0.25) is 9.36 Å². The molecule has 30 heavy (non-hydrogen) atoms. The molecule has 4 heterocycles. The van der Waals surface area contributed by atoms with Crippen molar-refractivity contribution in [1.29, 1.82) is 0 Å². The van der Waals surface area contributed by atoms with Crippen molar-refractivity contribution in [2.75, 3.05) is 36.1 Å². The minimum Gasteiger partial charge on any atom is -0.377 e. The maximum Gasteiger partial charge on any atom is 0.409 e. The number of anilines is 2.